The van der Waals surface area contributed by atoms with Gasteiger partial charge in [0.15, 0.2) is 5.96 Å². The van der Waals surface area contributed by atoms with Gasteiger partial charge < -0.3 is 19.7 Å². The van der Waals surface area contributed by atoms with E-state index < -0.39 is 0 Å². The first-order chi connectivity index (χ1) is 11.7. The van der Waals surface area contributed by atoms with Crippen molar-refractivity contribution in [3.05, 3.63) is 12.2 Å². The summed E-state index contributed by atoms with van der Waals surface area (Å²) < 4.78 is 12.7. The van der Waals surface area contributed by atoms with E-state index in [1.165, 1.54) is 0 Å². The second-order valence-electron chi connectivity index (χ2n) is 5.87. The molecule has 0 unspecified atom stereocenters. The second-order valence-corrected chi connectivity index (χ2v) is 5.87. The molecule has 0 atom stereocenters. The van der Waals surface area contributed by atoms with Crippen molar-refractivity contribution in [3.63, 3.8) is 0 Å². The van der Waals surface area contributed by atoms with Crippen LogP contribution in [0.4, 0.5) is 0 Å². The number of aryl methyl sites for hydroxylation is 1. The van der Waals surface area contributed by atoms with E-state index in [4.69, 9.17) is 14.5 Å². The van der Waals surface area contributed by atoms with Gasteiger partial charge in [0.25, 0.3) is 0 Å². The van der Waals surface area contributed by atoms with Crippen LogP contribution in [0.3, 0.4) is 0 Å². The molecule has 0 bridgehead atoms. The molecule has 1 N–H and O–H groups in total. The van der Waals surface area contributed by atoms with Crippen molar-refractivity contribution in [2.45, 2.75) is 38.8 Å². The maximum atomic E-state index is 5.92. The molecule has 0 saturated carbocycles. The minimum atomic E-state index is 0.347. The monoisotopic (exact) mass is 338 g/mol. The number of methoxy groups -OCH3 is 1. The Hall–Kier alpha value is -1.67. The highest BCUT2D eigenvalue weighted by atomic mass is 16.5. The van der Waals surface area contributed by atoms with Gasteiger partial charge in [-0.15, -0.1) is 0 Å². The van der Waals surface area contributed by atoms with E-state index in [1.54, 1.807) is 18.1 Å². The standard InChI is InChI=1S/C16H30N6O2/c1-4-17-16(18-12-15-19-13-20-21(15)2)22-8-6-14(7-9-22)24-11-5-10-23-3/h13-14H,4-12H2,1-3H3,(H,17,18). The number of nitrogens with zero attached hydrogens (tertiary/aromatic N) is 5. The Balaban J connectivity index is 1.81. The van der Waals surface area contributed by atoms with Gasteiger partial charge in [-0.2, -0.15) is 5.10 Å². The predicted molar refractivity (Wildman–Crippen MR) is 92.9 cm³/mol. The molecule has 1 aromatic rings. The van der Waals surface area contributed by atoms with E-state index in [9.17, 15) is 0 Å². The summed E-state index contributed by atoms with van der Waals surface area (Å²) in [7, 11) is 3.61. The average molecular weight is 338 g/mol. The maximum Gasteiger partial charge on any atom is 0.194 e. The zero-order chi connectivity index (χ0) is 17.2. The van der Waals surface area contributed by atoms with Gasteiger partial charge in [0, 0.05) is 47.0 Å². The lowest BCUT2D eigenvalue weighted by atomic mass is 10.1. The lowest BCUT2D eigenvalue weighted by Gasteiger charge is -2.34. The van der Waals surface area contributed by atoms with E-state index in [1.807, 2.05) is 7.05 Å². The fourth-order valence-electron chi connectivity index (χ4n) is 2.72. The van der Waals surface area contributed by atoms with Crippen molar-refractivity contribution in [1.29, 1.82) is 0 Å². The van der Waals surface area contributed by atoms with Crippen molar-refractivity contribution in [2.24, 2.45) is 12.0 Å². The molecule has 2 rings (SSSR count). The number of piperidine rings is 1. The van der Waals surface area contributed by atoms with Crippen LogP contribution >= 0.6 is 0 Å². The minimum absolute atomic E-state index is 0.347. The van der Waals surface area contributed by atoms with Gasteiger partial charge in [-0.1, -0.05) is 0 Å². The van der Waals surface area contributed by atoms with E-state index in [0.717, 1.165) is 63.9 Å². The number of guanidine groups is 1. The number of ether oxygens (including phenoxy) is 2. The summed E-state index contributed by atoms with van der Waals surface area (Å²) in [5, 5.41) is 7.45. The molecule has 1 aliphatic heterocycles. The predicted octanol–water partition coefficient (Wildman–Crippen LogP) is 0.798. The number of rotatable bonds is 8. The van der Waals surface area contributed by atoms with Gasteiger partial charge in [-0.25, -0.2) is 9.98 Å². The Kier molecular flexibility index (Phi) is 7.97. The normalized spacial score (nSPS) is 16.6. The molecule has 0 aromatic carbocycles. The van der Waals surface area contributed by atoms with Crippen molar-refractivity contribution >= 4 is 5.96 Å². The zero-order valence-electron chi connectivity index (χ0n) is 15.1. The molecule has 136 valence electrons. The number of nitrogens with one attached hydrogen (secondary N) is 1. The van der Waals surface area contributed by atoms with Crippen LogP contribution in [0.1, 0.15) is 32.0 Å². The summed E-state index contributed by atoms with van der Waals surface area (Å²) in [5.74, 6) is 1.81. The van der Waals surface area contributed by atoms with Crippen molar-refractivity contribution in [2.75, 3.05) is 40.0 Å². The Morgan fingerprint density at radius 3 is 2.79 bits per heavy atom. The third-order valence-corrected chi connectivity index (χ3v) is 4.10. The number of hydrogen-bond donors (Lipinski definition) is 1. The first-order valence-corrected chi connectivity index (χ1v) is 8.71. The molecule has 8 nitrogen and oxygen atoms in total. The topological polar surface area (TPSA) is 76.8 Å². The smallest absolute Gasteiger partial charge is 0.194 e. The average Bonchev–Trinajstić information content (AvgIpc) is 3.01. The molecule has 2 heterocycles. The lowest BCUT2D eigenvalue weighted by molar-refractivity contribution is 0.00990. The van der Waals surface area contributed by atoms with Gasteiger partial charge in [-0.05, 0) is 26.2 Å². The molecule has 1 saturated heterocycles. The lowest BCUT2D eigenvalue weighted by Crippen LogP contribution is -2.47. The quantitative estimate of drug-likeness (QED) is 0.429. The molecule has 0 amide bonds. The van der Waals surface area contributed by atoms with Crippen LogP contribution in [-0.2, 0) is 23.1 Å². The van der Waals surface area contributed by atoms with Crippen LogP contribution in [0.25, 0.3) is 0 Å². The fraction of sp³-hybridized carbons (Fsp3) is 0.812. The van der Waals surface area contributed by atoms with Crippen molar-refractivity contribution in [3.8, 4) is 0 Å². The van der Waals surface area contributed by atoms with E-state index in [2.05, 4.69) is 27.2 Å². The zero-order valence-corrected chi connectivity index (χ0v) is 15.1. The largest absolute Gasteiger partial charge is 0.385 e. The molecular weight excluding hydrogens is 308 g/mol. The van der Waals surface area contributed by atoms with Crippen LogP contribution in [0.2, 0.25) is 0 Å². The summed E-state index contributed by atoms with van der Waals surface area (Å²) in [6, 6.07) is 0. The Bertz CT molecular complexity index is 497. The summed E-state index contributed by atoms with van der Waals surface area (Å²) >= 11 is 0. The van der Waals surface area contributed by atoms with Crippen LogP contribution in [0.5, 0.6) is 0 Å². The van der Waals surface area contributed by atoms with Gasteiger partial charge in [-0.3, -0.25) is 4.68 Å². The third-order valence-electron chi connectivity index (χ3n) is 4.10. The Morgan fingerprint density at radius 1 is 1.38 bits per heavy atom. The highest BCUT2D eigenvalue weighted by Crippen LogP contribution is 2.14. The summed E-state index contributed by atoms with van der Waals surface area (Å²) in [5.41, 5.74) is 0. The van der Waals surface area contributed by atoms with Crippen LogP contribution in [0.15, 0.2) is 11.3 Å². The van der Waals surface area contributed by atoms with Crippen LogP contribution in [-0.4, -0.2) is 71.7 Å². The maximum absolute atomic E-state index is 5.92. The molecule has 24 heavy (non-hydrogen) atoms. The van der Waals surface area contributed by atoms with E-state index in [-0.39, 0.29) is 0 Å². The molecule has 1 aliphatic rings. The summed E-state index contributed by atoms with van der Waals surface area (Å²) in [4.78, 5) is 11.2. The van der Waals surface area contributed by atoms with Gasteiger partial charge in [0.1, 0.15) is 18.7 Å². The van der Waals surface area contributed by atoms with Crippen LogP contribution in [0, 0.1) is 0 Å². The molecule has 1 fully saturated rings. The number of aliphatic imine (C=N–C) groups is 1. The SMILES string of the molecule is CCNC(=NCc1ncnn1C)N1CCC(OCCCOC)CC1. The molecule has 0 radical (unpaired) electrons. The number of aromatic nitrogens is 3. The molecule has 0 spiro atoms. The van der Waals surface area contributed by atoms with Gasteiger partial charge in [0.2, 0.25) is 0 Å². The summed E-state index contributed by atoms with van der Waals surface area (Å²) in [6.07, 6.45) is 4.92. The molecule has 8 heteroatoms. The van der Waals surface area contributed by atoms with E-state index >= 15 is 0 Å². The van der Waals surface area contributed by atoms with Crippen molar-refractivity contribution in [1.82, 2.24) is 25.0 Å². The first-order valence-electron chi connectivity index (χ1n) is 8.71. The molecule has 0 aliphatic carbocycles. The summed E-state index contributed by atoms with van der Waals surface area (Å²) in [6.45, 7) is 6.93. The van der Waals surface area contributed by atoms with E-state index in [0.29, 0.717) is 12.6 Å². The highest BCUT2D eigenvalue weighted by Gasteiger charge is 2.21. The second kappa shape index (κ2) is 10.2. The van der Waals surface area contributed by atoms with Gasteiger partial charge >= 0.3 is 0 Å². The first kappa shape index (κ1) is 18.7. The Labute approximate surface area is 144 Å². The molecule has 1 aromatic heterocycles. The Morgan fingerprint density at radius 2 is 2.17 bits per heavy atom. The fourth-order valence-corrected chi connectivity index (χ4v) is 2.72. The van der Waals surface area contributed by atoms with Gasteiger partial charge in [0.05, 0.1) is 6.10 Å². The van der Waals surface area contributed by atoms with Crippen molar-refractivity contribution < 1.29 is 9.47 Å². The number of hydrogen-bond acceptors (Lipinski definition) is 5. The minimum Gasteiger partial charge on any atom is -0.385 e. The highest BCUT2D eigenvalue weighted by molar-refractivity contribution is 5.80. The number of likely N-dealkylation sites (tertiary alicyclic amines) is 1. The third kappa shape index (κ3) is 5.76. The van der Waals surface area contributed by atoms with Crippen LogP contribution < -0.4 is 5.32 Å². The molecular formula is C16H30N6O2.